The molecular formula is C10H13N3OS2. The fraction of sp³-hybridized carbons (Fsp3) is 0.400. The van der Waals surface area contributed by atoms with Crippen molar-refractivity contribution in [3.63, 3.8) is 0 Å². The first-order valence-electron chi connectivity index (χ1n) is 4.96. The maximum absolute atomic E-state index is 4.98. The maximum Gasteiger partial charge on any atom is 0.202 e. The van der Waals surface area contributed by atoms with Crippen LogP contribution in [0.5, 0.6) is 0 Å². The summed E-state index contributed by atoms with van der Waals surface area (Å²) in [7, 11) is 1.68. The Morgan fingerprint density at radius 2 is 2.44 bits per heavy atom. The van der Waals surface area contributed by atoms with Crippen LogP contribution in [-0.2, 0) is 17.7 Å². The van der Waals surface area contributed by atoms with E-state index in [4.69, 9.17) is 4.74 Å². The molecule has 2 rings (SSSR count). The number of aromatic nitrogens is 2. The topological polar surface area (TPSA) is 47.0 Å². The van der Waals surface area contributed by atoms with E-state index in [0.717, 1.165) is 23.9 Å². The molecule has 2 aromatic rings. The first-order chi connectivity index (χ1) is 7.88. The fourth-order valence-corrected chi connectivity index (χ4v) is 2.45. The molecule has 2 aromatic heterocycles. The molecule has 0 bridgehead atoms. The lowest BCUT2D eigenvalue weighted by atomic mass is 10.4. The van der Waals surface area contributed by atoms with E-state index in [1.54, 1.807) is 18.4 Å². The molecule has 0 saturated heterocycles. The van der Waals surface area contributed by atoms with Gasteiger partial charge < -0.3 is 10.1 Å². The third kappa shape index (κ3) is 3.26. The van der Waals surface area contributed by atoms with Crippen molar-refractivity contribution < 1.29 is 4.74 Å². The van der Waals surface area contributed by atoms with Crippen molar-refractivity contribution in [1.82, 2.24) is 9.36 Å². The molecule has 0 aliphatic carbocycles. The summed E-state index contributed by atoms with van der Waals surface area (Å²) < 4.78 is 9.22. The lowest BCUT2D eigenvalue weighted by molar-refractivity contribution is 0.201. The number of nitrogens with one attached hydrogen (secondary N) is 1. The number of hydrogen-bond acceptors (Lipinski definition) is 6. The highest BCUT2D eigenvalue weighted by Gasteiger charge is 2.03. The van der Waals surface area contributed by atoms with Crippen molar-refractivity contribution >= 4 is 28.0 Å². The zero-order chi connectivity index (χ0) is 11.2. The second-order valence-electron chi connectivity index (χ2n) is 3.19. The second-order valence-corrected chi connectivity index (χ2v) is 4.98. The van der Waals surface area contributed by atoms with Crippen LogP contribution in [-0.4, -0.2) is 23.1 Å². The lowest BCUT2D eigenvalue weighted by Crippen LogP contribution is -1.99. The van der Waals surface area contributed by atoms with Crippen molar-refractivity contribution in [3.8, 4) is 0 Å². The van der Waals surface area contributed by atoms with E-state index in [2.05, 4.69) is 26.1 Å². The van der Waals surface area contributed by atoms with Gasteiger partial charge in [-0.3, -0.25) is 0 Å². The van der Waals surface area contributed by atoms with E-state index in [9.17, 15) is 0 Å². The molecule has 0 atom stereocenters. The Labute approximate surface area is 102 Å². The van der Waals surface area contributed by atoms with Gasteiger partial charge in [-0.05, 0) is 11.4 Å². The average Bonchev–Trinajstić information content (AvgIpc) is 2.95. The molecule has 0 spiro atoms. The quantitative estimate of drug-likeness (QED) is 0.861. The molecule has 0 radical (unpaired) electrons. The Kier molecular flexibility index (Phi) is 4.26. The molecule has 86 valence electrons. The van der Waals surface area contributed by atoms with Gasteiger partial charge in [-0.15, -0.1) is 11.3 Å². The minimum Gasteiger partial charge on any atom is -0.384 e. The summed E-state index contributed by atoms with van der Waals surface area (Å²) in [6.45, 7) is 1.48. The number of nitrogens with zero attached hydrogens (tertiary/aromatic N) is 2. The van der Waals surface area contributed by atoms with Gasteiger partial charge in [0.15, 0.2) is 0 Å². The Balaban J connectivity index is 1.83. The smallest absolute Gasteiger partial charge is 0.202 e. The summed E-state index contributed by atoms with van der Waals surface area (Å²) in [5.74, 6) is 0.848. The second kappa shape index (κ2) is 5.93. The molecule has 4 nitrogen and oxygen atoms in total. The number of hydrogen-bond donors (Lipinski definition) is 1. The van der Waals surface area contributed by atoms with Crippen LogP contribution >= 0.6 is 22.9 Å². The Hall–Kier alpha value is -0.980. The minimum absolute atomic E-state index is 0.668. The molecule has 0 saturated carbocycles. The number of anilines is 1. The largest absolute Gasteiger partial charge is 0.384 e. The normalized spacial score (nSPS) is 10.6. The van der Waals surface area contributed by atoms with Gasteiger partial charge in [-0.1, -0.05) is 6.07 Å². The molecule has 1 N–H and O–H groups in total. The third-order valence-corrected chi connectivity index (χ3v) is 3.58. The molecule has 0 fully saturated rings. The van der Waals surface area contributed by atoms with Crippen LogP contribution in [0, 0.1) is 0 Å². The van der Waals surface area contributed by atoms with Gasteiger partial charge in [-0.2, -0.15) is 4.37 Å². The Morgan fingerprint density at radius 1 is 1.50 bits per heavy atom. The van der Waals surface area contributed by atoms with Gasteiger partial charge in [-0.25, -0.2) is 4.98 Å². The first kappa shape index (κ1) is 11.5. The van der Waals surface area contributed by atoms with E-state index in [-0.39, 0.29) is 0 Å². The number of rotatable bonds is 6. The maximum atomic E-state index is 4.98. The van der Waals surface area contributed by atoms with Crippen LogP contribution in [0.25, 0.3) is 0 Å². The van der Waals surface area contributed by atoms with E-state index >= 15 is 0 Å². The summed E-state index contributed by atoms with van der Waals surface area (Å²) in [6, 6.07) is 4.15. The van der Waals surface area contributed by atoms with Gasteiger partial charge >= 0.3 is 0 Å². The summed E-state index contributed by atoms with van der Waals surface area (Å²) in [6.07, 6.45) is 0.772. The molecule has 0 unspecified atom stereocenters. The molecule has 0 amide bonds. The van der Waals surface area contributed by atoms with Crippen LogP contribution in [0.2, 0.25) is 0 Å². The van der Waals surface area contributed by atoms with Crippen molar-refractivity contribution in [2.24, 2.45) is 0 Å². The van der Waals surface area contributed by atoms with Crippen molar-refractivity contribution in [1.29, 1.82) is 0 Å². The van der Waals surface area contributed by atoms with E-state index < -0.39 is 0 Å². The SMILES string of the molecule is COCCc1nsc(NCc2cccs2)n1. The monoisotopic (exact) mass is 255 g/mol. The van der Waals surface area contributed by atoms with Gasteiger partial charge in [0.05, 0.1) is 13.2 Å². The van der Waals surface area contributed by atoms with Crippen LogP contribution < -0.4 is 5.32 Å². The number of methoxy groups -OCH3 is 1. The van der Waals surface area contributed by atoms with Crippen molar-refractivity contribution in [3.05, 3.63) is 28.2 Å². The average molecular weight is 255 g/mol. The van der Waals surface area contributed by atoms with Gasteiger partial charge in [0.1, 0.15) is 5.82 Å². The molecule has 6 heteroatoms. The third-order valence-electron chi connectivity index (χ3n) is 1.99. The molecular weight excluding hydrogens is 242 g/mol. The van der Waals surface area contributed by atoms with E-state index in [1.165, 1.54) is 16.4 Å². The Bertz CT molecular complexity index is 413. The summed E-state index contributed by atoms with van der Waals surface area (Å²) in [5, 5.41) is 6.20. The predicted octanol–water partition coefficient (Wildman–Crippen LogP) is 2.40. The highest BCUT2D eigenvalue weighted by Crippen LogP contribution is 2.15. The zero-order valence-electron chi connectivity index (χ0n) is 8.97. The van der Waals surface area contributed by atoms with Crippen LogP contribution in [0.4, 0.5) is 5.13 Å². The molecule has 16 heavy (non-hydrogen) atoms. The van der Waals surface area contributed by atoms with Gasteiger partial charge in [0, 0.05) is 29.9 Å². The number of thiophene rings is 1. The first-order valence-corrected chi connectivity index (χ1v) is 6.61. The zero-order valence-corrected chi connectivity index (χ0v) is 10.6. The molecule has 0 aromatic carbocycles. The van der Waals surface area contributed by atoms with Crippen LogP contribution in [0.3, 0.4) is 0 Å². The van der Waals surface area contributed by atoms with Crippen LogP contribution in [0.1, 0.15) is 10.7 Å². The summed E-state index contributed by atoms with van der Waals surface area (Å²) in [5.41, 5.74) is 0. The van der Waals surface area contributed by atoms with Gasteiger partial charge in [0.25, 0.3) is 0 Å². The van der Waals surface area contributed by atoms with Gasteiger partial charge in [0.2, 0.25) is 5.13 Å². The molecule has 0 aliphatic heterocycles. The van der Waals surface area contributed by atoms with Crippen molar-refractivity contribution in [2.75, 3.05) is 19.0 Å². The summed E-state index contributed by atoms with van der Waals surface area (Å²) in [4.78, 5) is 5.67. The number of ether oxygens (including phenoxy) is 1. The van der Waals surface area contributed by atoms with Crippen LogP contribution in [0.15, 0.2) is 17.5 Å². The predicted molar refractivity (Wildman–Crippen MR) is 67.1 cm³/mol. The summed E-state index contributed by atoms with van der Waals surface area (Å²) >= 11 is 3.14. The van der Waals surface area contributed by atoms with E-state index in [0.29, 0.717) is 6.61 Å². The highest BCUT2D eigenvalue weighted by molar-refractivity contribution is 7.10. The lowest BCUT2D eigenvalue weighted by Gasteiger charge is -1.97. The van der Waals surface area contributed by atoms with E-state index in [1.807, 2.05) is 6.07 Å². The Morgan fingerprint density at radius 3 is 3.19 bits per heavy atom. The standard InChI is InChI=1S/C10H13N3OS2/c1-14-5-4-9-12-10(16-13-9)11-7-8-3-2-6-15-8/h2-3,6H,4-5,7H2,1H3,(H,11,12,13). The van der Waals surface area contributed by atoms with Crippen molar-refractivity contribution in [2.45, 2.75) is 13.0 Å². The fourth-order valence-electron chi connectivity index (χ4n) is 1.20. The highest BCUT2D eigenvalue weighted by atomic mass is 32.1. The molecule has 2 heterocycles. The molecule has 0 aliphatic rings. The minimum atomic E-state index is 0.668.